The molecule has 0 radical (unpaired) electrons. The van der Waals surface area contributed by atoms with Crippen LogP contribution < -0.4 is 15.4 Å². The molecule has 8 nitrogen and oxygen atoms in total. The third kappa shape index (κ3) is 5.17. The van der Waals surface area contributed by atoms with Gasteiger partial charge in [0.25, 0.3) is 0 Å². The number of nitrogens with one attached hydrogen (secondary N) is 3. The van der Waals surface area contributed by atoms with Gasteiger partial charge in [-0.1, -0.05) is 32.0 Å². The van der Waals surface area contributed by atoms with E-state index in [1.807, 2.05) is 38.1 Å². The van der Waals surface area contributed by atoms with Crippen molar-refractivity contribution in [1.29, 1.82) is 5.41 Å². The molecule has 2 fully saturated rings. The van der Waals surface area contributed by atoms with E-state index in [-0.39, 0.29) is 47.3 Å². The molecule has 1 unspecified atom stereocenters. The molecule has 2 heterocycles. The number of fused-ring (bicyclic) bond motifs is 1. The maximum Gasteiger partial charge on any atom is 0.231 e. The molecule has 1 aliphatic carbocycles. The predicted octanol–water partition coefficient (Wildman–Crippen LogP) is 3.76. The van der Waals surface area contributed by atoms with Crippen LogP contribution in [0.3, 0.4) is 0 Å². The molecule has 8 heteroatoms. The van der Waals surface area contributed by atoms with E-state index in [4.69, 9.17) is 14.9 Å². The van der Waals surface area contributed by atoms with E-state index >= 15 is 0 Å². The molecular weight excluding hydrogens is 444 g/mol. The van der Waals surface area contributed by atoms with E-state index in [9.17, 15) is 9.59 Å². The van der Waals surface area contributed by atoms with Crippen molar-refractivity contribution in [2.45, 2.75) is 89.4 Å². The Morgan fingerprint density at radius 1 is 1.31 bits per heavy atom. The maximum absolute atomic E-state index is 13.5. The Morgan fingerprint density at radius 3 is 2.69 bits per heavy atom. The van der Waals surface area contributed by atoms with Crippen molar-refractivity contribution >= 4 is 17.8 Å². The van der Waals surface area contributed by atoms with E-state index < -0.39 is 5.54 Å². The monoisotopic (exact) mass is 484 g/mol. The second-order valence-electron chi connectivity index (χ2n) is 10.9. The molecule has 1 aromatic rings. The lowest BCUT2D eigenvalue weighted by molar-refractivity contribution is -0.133. The van der Waals surface area contributed by atoms with Gasteiger partial charge >= 0.3 is 0 Å². The van der Waals surface area contributed by atoms with E-state index in [0.29, 0.717) is 25.9 Å². The first kappa shape index (κ1) is 25.5. The summed E-state index contributed by atoms with van der Waals surface area (Å²) in [4.78, 5) is 28.0. The molecule has 0 spiro atoms. The molecule has 0 bridgehead atoms. The first-order chi connectivity index (χ1) is 16.6. The van der Waals surface area contributed by atoms with Gasteiger partial charge < -0.3 is 20.1 Å². The third-order valence-corrected chi connectivity index (χ3v) is 7.98. The van der Waals surface area contributed by atoms with Crippen LogP contribution in [-0.4, -0.2) is 53.6 Å². The molecule has 1 aromatic carbocycles. The number of carbonyl (C=O) groups is 2. The molecule has 0 aromatic heterocycles. The zero-order chi connectivity index (χ0) is 25.4. The van der Waals surface area contributed by atoms with Crippen molar-refractivity contribution in [3.63, 3.8) is 0 Å². The highest BCUT2D eigenvalue weighted by atomic mass is 16.5. The highest BCUT2D eigenvalue weighted by Crippen LogP contribution is 2.47. The molecule has 2 amide bonds. The van der Waals surface area contributed by atoms with Gasteiger partial charge in [0.05, 0.1) is 6.04 Å². The van der Waals surface area contributed by atoms with Crippen LogP contribution in [0, 0.1) is 17.2 Å². The van der Waals surface area contributed by atoms with Gasteiger partial charge in [-0.15, -0.1) is 0 Å². The fourth-order valence-corrected chi connectivity index (χ4v) is 5.79. The lowest BCUT2D eigenvalue weighted by atomic mass is 9.83. The van der Waals surface area contributed by atoms with Gasteiger partial charge in [-0.25, -0.2) is 0 Å². The number of benzene rings is 1. The van der Waals surface area contributed by atoms with Crippen LogP contribution >= 0.6 is 0 Å². The summed E-state index contributed by atoms with van der Waals surface area (Å²) in [5, 5.41) is 15.0. The largest absolute Gasteiger partial charge is 0.487 e. The zero-order valence-corrected chi connectivity index (χ0v) is 21.6. The van der Waals surface area contributed by atoms with Gasteiger partial charge in [0.1, 0.15) is 11.4 Å². The second kappa shape index (κ2) is 9.80. The van der Waals surface area contributed by atoms with Crippen LogP contribution in [0.1, 0.15) is 77.8 Å². The van der Waals surface area contributed by atoms with Gasteiger partial charge in [0.15, 0.2) is 5.96 Å². The van der Waals surface area contributed by atoms with Gasteiger partial charge in [0, 0.05) is 49.6 Å². The number of hydrogen-bond acceptors (Lipinski definition) is 5. The summed E-state index contributed by atoms with van der Waals surface area (Å²) in [5.41, 5.74) is 0.286. The minimum atomic E-state index is -0.446. The molecule has 4 rings (SSSR count). The van der Waals surface area contributed by atoms with E-state index in [0.717, 1.165) is 30.6 Å². The maximum atomic E-state index is 13.5. The minimum absolute atomic E-state index is 0.00894. The van der Waals surface area contributed by atoms with Gasteiger partial charge in [-0.3, -0.25) is 19.9 Å². The fourth-order valence-electron chi connectivity index (χ4n) is 5.79. The van der Waals surface area contributed by atoms with Crippen molar-refractivity contribution in [3.05, 3.63) is 29.8 Å². The van der Waals surface area contributed by atoms with Crippen LogP contribution in [-0.2, 0) is 14.3 Å². The molecular formula is C27H40N4O4. The van der Waals surface area contributed by atoms with Crippen molar-refractivity contribution in [2.75, 3.05) is 13.7 Å². The van der Waals surface area contributed by atoms with Crippen molar-refractivity contribution in [3.8, 4) is 5.75 Å². The SMILES string of the molecule is CCC1(CC)CC(NC(=O)[C@@H]2C[C@H]2[C@@H](CCOC)N2C(=N)NC(C)(C)CC2=O)c2ccccc2O1. The number of carbonyl (C=O) groups excluding carboxylic acids is 2. The lowest BCUT2D eigenvalue weighted by Crippen LogP contribution is -2.63. The normalized spacial score (nSPS) is 27.3. The highest BCUT2D eigenvalue weighted by Gasteiger charge is 2.53. The van der Waals surface area contributed by atoms with Crippen LogP contribution in [0.25, 0.3) is 0 Å². The molecule has 35 heavy (non-hydrogen) atoms. The fraction of sp³-hybridized carbons (Fsp3) is 0.667. The van der Waals surface area contributed by atoms with Crippen molar-refractivity contribution in [2.24, 2.45) is 11.8 Å². The molecule has 1 saturated heterocycles. The molecule has 3 N–H and O–H groups in total. The first-order valence-corrected chi connectivity index (χ1v) is 12.9. The minimum Gasteiger partial charge on any atom is -0.487 e. The highest BCUT2D eigenvalue weighted by molar-refractivity contribution is 5.99. The molecule has 1 saturated carbocycles. The summed E-state index contributed by atoms with van der Waals surface area (Å²) < 4.78 is 11.7. The Bertz CT molecular complexity index is 954. The number of rotatable bonds is 9. The average molecular weight is 485 g/mol. The number of amides is 2. The summed E-state index contributed by atoms with van der Waals surface area (Å²) in [5.74, 6) is 0.741. The van der Waals surface area contributed by atoms with Crippen molar-refractivity contribution < 1.29 is 19.1 Å². The predicted molar refractivity (Wildman–Crippen MR) is 134 cm³/mol. The smallest absolute Gasteiger partial charge is 0.231 e. The molecule has 2 aliphatic heterocycles. The summed E-state index contributed by atoms with van der Waals surface area (Å²) in [6, 6.07) is 7.62. The first-order valence-electron chi connectivity index (χ1n) is 12.9. The molecule has 4 atom stereocenters. The third-order valence-electron chi connectivity index (χ3n) is 7.98. The quantitative estimate of drug-likeness (QED) is 0.495. The Balaban J connectivity index is 1.49. The topological polar surface area (TPSA) is 104 Å². The molecule has 3 aliphatic rings. The Morgan fingerprint density at radius 2 is 2.03 bits per heavy atom. The van der Waals surface area contributed by atoms with Crippen LogP contribution in [0.4, 0.5) is 0 Å². The second-order valence-corrected chi connectivity index (χ2v) is 10.9. The Kier molecular flexibility index (Phi) is 7.13. The number of guanidine groups is 1. The number of para-hydroxylation sites is 1. The number of ether oxygens (including phenoxy) is 2. The molecule has 192 valence electrons. The van der Waals surface area contributed by atoms with Crippen LogP contribution in [0.5, 0.6) is 5.75 Å². The van der Waals surface area contributed by atoms with Crippen LogP contribution in [0.15, 0.2) is 24.3 Å². The standard InChI is InChI=1S/C27H40N4O4/c1-6-27(7-2)15-20(17-10-8-9-11-22(17)35-27)29-24(33)19-14-18(19)21(12-13-34-5)31-23(32)16-26(3,4)30-25(31)28/h8-11,18-21H,6-7,12-16H2,1-5H3,(H2,28,30)(H,29,33)/t18-,19-,20?,21-/m1/s1. The number of methoxy groups -OCH3 is 1. The van der Waals surface area contributed by atoms with Gasteiger partial charge in [-0.2, -0.15) is 0 Å². The summed E-state index contributed by atoms with van der Waals surface area (Å²) in [6.07, 6.45) is 4.10. The summed E-state index contributed by atoms with van der Waals surface area (Å²) in [7, 11) is 1.63. The Hall–Kier alpha value is -2.61. The van der Waals surface area contributed by atoms with Crippen molar-refractivity contribution in [1.82, 2.24) is 15.5 Å². The summed E-state index contributed by atoms with van der Waals surface area (Å²) >= 11 is 0. The van der Waals surface area contributed by atoms with E-state index in [1.54, 1.807) is 12.0 Å². The van der Waals surface area contributed by atoms with Gasteiger partial charge in [0.2, 0.25) is 11.8 Å². The number of hydrogen-bond donors (Lipinski definition) is 3. The van der Waals surface area contributed by atoms with E-state index in [2.05, 4.69) is 24.5 Å². The van der Waals surface area contributed by atoms with Gasteiger partial charge in [-0.05, 0) is 51.5 Å². The van der Waals surface area contributed by atoms with Crippen LogP contribution in [0.2, 0.25) is 0 Å². The zero-order valence-electron chi connectivity index (χ0n) is 21.6. The number of nitrogens with zero attached hydrogens (tertiary/aromatic N) is 1. The van der Waals surface area contributed by atoms with E-state index in [1.165, 1.54) is 0 Å². The lowest BCUT2D eigenvalue weighted by Gasteiger charge is -2.42. The Labute approximate surface area is 208 Å². The average Bonchev–Trinajstić information content (AvgIpc) is 3.60. The summed E-state index contributed by atoms with van der Waals surface area (Å²) in [6.45, 7) is 8.58.